The third-order valence-electron chi connectivity index (χ3n) is 3.33. The van der Waals surface area contributed by atoms with Crippen LogP contribution in [0.4, 0.5) is 5.13 Å². The van der Waals surface area contributed by atoms with Crippen molar-refractivity contribution in [3.8, 4) is 0 Å². The first-order chi connectivity index (χ1) is 10.8. The minimum atomic E-state index is -0.299. The van der Waals surface area contributed by atoms with Crippen molar-refractivity contribution in [1.29, 1.82) is 0 Å². The number of carbonyl (C=O) groups is 1. The lowest BCUT2D eigenvalue weighted by atomic mass is 10.2. The third kappa shape index (κ3) is 3.33. The highest BCUT2D eigenvalue weighted by Gasteiger charge is 2.14. The van der Waals surface area contributed by atoms with Crippen molar-refractivity contribution in [3.63, 3.8) is 0 Å². The molecule has 114 valence electrons. The number of unbranched alkanes of at least 4 members (excludes halogenated alkanes) is 2. The molecule has 1 N–H and O–H groups in total. The smallest absolute Gasteiger partial charge is 0.293 e. The molecule has 0 bridgehead atoms. The Hall–Kier alpha value is -2.21. The molecule has 0 atom stereocenters. The molecule has 0 spiro atoms. The van der Waals surface area contributed by atoms with E-state index in [-0.39, 0.29) is 11.7 Å². The molecule has 0 saturated heterocycles. The van der Waals surface area contributed by atoms with E-state index in [2.05, 4.69) is 22.4 Å². The molecule has 2 heterocycles. The van der Waals surface area contributed by atoms with Crippen LogP contribution in [0.1, 0.15) is 41.7 Å². The van der Waals surface area contributed by atoms with Gasteiger partial charge in [-0.3, -0.25) is 10.1 Å². The molecule has 0 fully saturated rings. The summed E-state index contributed by atoms with van der Waals surface area (Å²) in [5, 5.41) is 13.2. The van der Waals surface area contributed by atoms with E-state index in [0.717, 1.165) is 23.2 Å². The van der Waals surface area contributed by atoms with Gasteiger partial charge in [0, 0.05) is 11.8 Å². The van der Waals surface area contributed by atoms with Crippen molar-refractivity contribution in [2.24, 2.45) is 0 Å². The highest BCUT2D eigenvalue weighted by Crippen LogP contribution is 2.21. The van der Waals surface area contributed by atoms with Crippen LogP contribution < -0.4 is 5.32 Å². The molecule has 3 rings (SSSR count). The van der Waals surface area contributed by atoms with Crippen LogP contribution in [0, 0.1) is 0 Å². The summed E-state index contributed by atoms with van der Waals surface area (Å²) in [5.74, 6) is -0.0172. The lowest BCUT2D eigenvalue weighted by Gasteiger charge is -1.96. The summed E-state index contributed by atoms with van der Waals surface area (Å²) in [5.41, 5.74) is 0.699. The number of hydrogen-bond acceptors (Lipinski definition) is 5. The fourth-order valence-electron chi connectivity index (χ4n) is 2.18. The largest absolute Gasteiger partial charge is 0.451 e. The van der Waals surface area contributed by atoms with Crippen LogP contribution in [0.25, 0.3) is 11.0 Å². The maximum atomic E-state index is 12.2. The van der Waals surface area contributed by atoms with Crippen molar-refractivity contribution in [3.05, 3.63) is 41.1 Å². The minimum Gasteiger partial charge on any atom is -0.451 e. The highest BCUT2D eigenvalue weighted by atomic mass is 32.1. The molecule has 3 aromatic rings. The van der Waals surface area contributed by atoms with E-state index < -0.39 is 0 Å². The zero-order valence-electron chi connectivity index (χ0n) is 12.3. The second-order valence-electron chi connectivity index (χ2n) is 5.06. The lowest BCUT2D eigenvalue weighted by Crippen LogP contribution is -2.10. The minimum absolute atomic E-state index is 0.281. The van der Waals surface area contributed by atoms with Gasteiger partial charge in [0.2, 0.25) is 5.13 Å². The molecule has 0 unspecified atom stereocenters. The maximum absolute atomic E-state index is 12.2. The Bertz CT molecular complexity index is 745. The van der Waals surface area contributed by atoms with Gasteiger partial charge in [-0.25, -0.2) is 0 Å². The summed E-state index contributed by atoms with van der Waals surface area (Å²) >= 11 is 1.42. The van der Waals surface area contributed by atoms with Crippen molar-refractivity contribution >= 4 is 33.3 Å². The first-order valence-electron chi connectivity index (χ1n) is 7.38. The van der Waals surface area contributed by atoms with Gasteiger partial charge in [-0.05, 0) is 18.6 Å². The average molecular weight is 315 g/mol. The van der Waals surface area contributed by atoms with Gasteiger partial charge in [0.15, 0.2) is 5.76 Å². The number of furan rings is 1. The molecule has 0 aliphatic heterocycles. The number of benzene rings is 1. The number of rotatable bonds is 6. The fourth-order valence-corrected chi connectivity index (χ4v) is 2.96. The zero-order valence-corrected chi connectivity index (χ0v) is 13.2. The van der Waals surface area contributed by atoms with Crippen LogP contribution in [-0.4, -0.2) is 16.1 Å². The molecule has 2 aromatic heterocycles. The fraction of sp³-hybridized carbons (Fsp3) is 0.312. The number of para-hydroxylation sites is 1. The molecule has 0 radical (unpaired) electrons. The average Bonchev–Trinajstić information content (AvgIpc) is 3.14. The highest BCUT2D eigenvalue weighted by molar-refractivity contribution is 7.15. The molecular formula is C16H17N3O2S. The number of fused-ring (bicyclic) bond motifs is 1. The number of anilines is 1. The predicted octanol–water partition coefficient (Wildman–Crippen LogP) is 4.27. The topological polar surface area (TPSA) is 68.0 Å². The summed E-state index contributed by atoms with van der Waals surface area (Å²) < 4.78 is 5.53. The van der Waals surface area contributed by atoms with Crippen molar-refractivity contribution in [2.45, 2.75) is 32.6 Å². The SMILES string of the molecule is CCCCCc1nnc(NC(=O)c2cc3ccccc3o2)s1. The quantitative estimate of drug-likeness (QED) is 0.690. The number of aromatic nitrogens is 2. The van der Waals surface area contributed by atoms with Crippen LogP contribution in [0.2, 0.25) is 0 Å². The van der Waals surface area contributed by atoms with E-state index in [4.69, 9.17) is 4.42 Å². The van der Waals surface area contributed by atoms with E-state index in [1.165, 1.54) is 24.2 Å². The van der Waals surface area contributed by atoms with Crippen LogP contribution in [0.15, 0.2) is 34.7 Å². The normalized spacial score (nSPS) is 11.0. The Kier molecular flexibility index (Phi) is 4.48. The Balaban J connectivity index is 1.66. The van der Waals surface area contributed by atoms with E-state index in [9.17, 15) is 4.79 Å². The predicted molar refractivity (Wildman–Crippen MR) is 87.3 cm³/mol. The molecular weight excluding hydrogens is 298 g/mol. The second-order valence-corrected chi connectivity index (χ2v) is 6.12. The van der Waals surface area contributed by atoms with E-state index in [1.807, 2.05) is 24.3 Å². The number of hydrogen-bond donors (Lipinski definition) is 1. The maximum Gasteiger partial charge on any atom is 0.293 e. The van der Waals surface area contributed by atoms with Crippen LogP contribution >= 0.6 is 11.3 Å². The van der Waals surface area contributed by atoms with Gasteiger partial charge in [-0.2, -0.15) is 0 Å². The van der Waals surface area contributed by atoms with Gasteiger partial charge >= 0.3 is 0 Å². The first-order valence-corrected chi connectivity index (χ1v) is 8.20. The van der Waals surface area contributed by atoms with E-state index in [1.54, 1.807) is 6.07 Å². The van der Waals surface area contributed by atoms with Crippen molar-refractivity contribution < 1.29 is 9.21 Å². The summed E-state index contributed by atoms with van der Waals surface area (Å²) in [4.78, 5) is 12.2. The number of aryl methyl sites for hydroxylation is 1. The molecule has 1 amide bonds. The third-order valence-corrected chi connectivity index (χ3v) is 4.23. The molecule has 0 saturated carbocycles. The molecule has 1 aromatic carbocycles. The first kappa shape index (κ1) is 14.7. The van der Waals surface area contributed by atoms with Gasteiger partial charge in [0.1, 0.15) is 10.6 Å². The summed E-state index contributed by atoms with van der Waals surface area (Å²) in [7, 11) is 0. The molecule has 0 aliphatic rings. The van der Waals surface area contributed by atoms with E-state index in [0.29, 0.717) is 10.7 Å². The monoisotopic (exact) mass is 315 g/mol. The van der Waals surface area contributed by atoms with Gasteiger partial charge in [0.25, 0.3) is 5.91 Å². The van der Waals surface area contributed by atoms with E-state index >= 15 is 0 Å². The molecule has 6 heteroatoms. The van der Waals surface area contributed by atoms with Crippen LogP contribution in [-0.2, 0) is 6.42 Å². The Morgan fingerprint density at radius 1 is 1.27 bits per heavy atom. The number of carbonyl (C=O) groups excluding carboxylic acids is 1. The Morgan fingerprint density at radius 3 is 2.95 bits per heavy atom. The number of nitrogens with one attached hydrogen (secondary N) is 1. The van der Waals surface area contributed by atoms with Crippen molar-refractivity contribution in [2.75, 3.05) is 5.32 Å². The summed E-state index contributed by atoms with van der Waals surface area (Å²) in [6.07, 6.45) is 4.36. The van der Waals surface area contributed by atoms with Crippen LogP contribution in [0.3, 0.4) is 0 Å². The zero-order chi connectivity index (χ0) is 15.4. The van der Waals surface area contributed by atoms with Gasteiger partial charge < -0.3 is 4.42 Å². The molecule has 22 heavy (non-hydrogen) atoms. The van der Waals surface area contributed by atoms with Crippen molar-refractivity contribution in [1.82, 2.24) is 10.2 Å². The Labute approximate surface area is 132 Å². The number of nitrogens with zero attached hydrogens (tertiary/aromatic N) is 2. The Morgan fingerprint density at radius 2 is 2.14 bits per heavy atom. The van der Waals surface area contributed by atoms with Crippen LogP contribution in [0.5, 0.6) is 0 Å². The van der Waals surface area contributed by atoms with Gasteiger partial charge in [0.05, 0.1) is 0 Å². The lowest BCUT2D eigenvalue weighted by molar-refractivity contribution is 0.0998. The van der Waals surface area contributed by atoms with Gasteiger partial charge in [-0.15, -0.1) is 10.2 Å². The molecule has 5 nitrogen and oxygen atoms in total. The standard InChI is InChI=1S/C16H17N3O2S/c1-2-3-4-9-14-18-19-16(22-14)17-15(20)13-10-11-7-5-6-8-12(11)21-13/h5-8,10H,2-4,9H2,1H3,(H,17,19,20). The summed E-state index contributed by atoms with van der Waals surface area (Å²) in [6.45, 7) is 2.17. The van der Waals surface area contributed by atoms with Gasteiger partial charge in [-0.1, -0.05) is 49.3 Å². The molecule has 0 aliphatic carbocycles. The second kappa shape index (κ2) is 6.70. The number of amides is 1. The summed E-state index contributed by atoms with van der Waals surface area (Å²) in [6, 6.07) is 9.26.